The molecular weight excluding hydrogens is 232 g/mol. The van der Waals surface area contributed by atoms with E-state index in [4.69, 9.17) is 11.6 Å². The van der Waals surface area contributed by atoms with Gasteiger partial charge >= 0.3 is 0 Å². The Labute approximate surface area is 96.9 Å². The monoisotopic (exact) mass is 242 g/mol. The maximum atomic E-state index is 5.75. The highest BCUT2D eigenvalue weighted by atomic mass is 35.5. The van der Waals surface area contributed by atoms with E-state index in [2.05, 4.69) is 22.1 Å². The van der Waals surface area contributed by atoms with Crippen molar-refractivity contribution in [1.29, 1.82) is 0 Å². The molecule has 2 aromatic heterocycles. The molecule has 0 spiro atoms. The number of hydrogen-bond acceptors (Lipinski definition) is 4. The molecule has 0 N–H and O–H groups in total. The zero-order valence-electron chi connectivity index (χ0n) is 8.30. The van der Waals surface area contributed by atoms with Crippen molar-refractivity contribution in [2.45, 2.75) is 25.3 Å². The minimum atomic E-state index is 0.364. The van der Waals surface area contributed by atoms with Crippen LogP contribution in [0.2, 0.25) is 0 Å². The SMILES string of the molecule is CC(Cn1cnnc1CCl)c1nccs1. The van der Waals surface area contributed by atoms with Gasteiger partial charge in [-0.1, -0.05) is 6.92 Å². The van der Waals surface area contributed by atoms with Crippen LogP contribution in [0.15, 0.2) is 17.9 Å². The number of thiazole rings is 1. The maximum Gasteiger partial charge on any atom is 0.147 e. The Hall–Kier alpha value is -0.940. The minimum absolute atomic E-state index is 0.364. The van der Waals surface area contributed by atoms with E-state index in [0.29, 0.717) is 11.8 Å². The summed E-state index contributed by atoms with van der Waals surface area (Å²) < 4.78 is 1.97. The van der Waals surface area contributed by atoms with Crippen molar-refractivity contribution in [1.82, 2.24) is 19.7 Å². The molecular formula is C9H11ClN4S. The zero-order chi connectivity index (χ0) is 10.7. The van der Waals surface area contributed by atoms with E-state index < -0.39 is 0 Å². The average molecular weight is 243 g/mol. The molecule has 2 rings (SSSR count). The largest absolute Gasteiger partial charge is 0.316 e. The molecule has 1 unspecified atom stereocenters. The molecule has 2 aromatic rings. The second-order valence-corrected chi connectivity index (χ2v) is 4.50. The normalized spacial score (nSPS) is 12.9. The predicted octanol–water partition coefficient (Wildman–Crippen LogP) is 2.28. The molecule has 0 aliphatic rings. The first-order chi connectivity index (χ1) is 7.31. The third kappa shape index (κ3) is 2.35. The van der Waals surface area contributed by atoms with Crippen molar-refractivity contribution in [3.8, 4) is 0 Å². The van der Waals surface area contributed by atoms with Gasteiger partial charge < -0.3 is 4.57 Å². The van der Waals surface area contributed by atoms with Crippen LogP contribution in [0.25, 0.3) is 0 Å². The first kappa shape index (κ1) is 10.6. The summed E-state index contributed by atoms with van der Waals surface area (Å²) in [5, 5.41) is 10.9. The number of hydrogen-bond donors (Lipinski definition) is 0. The summed E-state index contributed by atoms with van der Waals surface area (Å²) in [6.07, 6.45) is 3.53. The van der Waals surface area contributed by atoms with Crippen LogP contribution in [0.3, 0.4) is 0 Å². The lowest BCUT2D eigenvalue weighted by atomic mass is 10.2. The van der Waals surface area contributed by atoms with E-state index in [1.165, 1.54) is 0 Å². The standard InChI is InChI=1S/C9H11ClN4S/c1-7(9-11-2-3-15-9)5-14-6-12-13-8(14)4-10/h2-3,6-7H,4-5H2,1H3. The van der Waals surface area contributed by atoms with Gasteiger partial charge in [0.25, 0.3) is 0 Å². The Balaban J connectivity index is 2.09. The quantitative estimate of drug-likeness (QED) is 0.773. The van der Waals surface area contributed by atoms with Crippen LogP contribution >= 0.6 is 22.9 Å². The van der Waals surface area contributed by atoms with Gasteiger partial charge in [0.05, 0.1) is 10.9 Å². The predicted molar refractivity (Wildman–Crippen MR) is 60.1 cm³/mol. The Kier molecular flexibility index (Phi) is 3.33. The Morgan fingerprint density at radius 2 is 2.47 bits per heavy atom. The summed E-state index contributed by atoms with van der Waals surface area (Å²) in [4.78, 5) is 4.28. The van der Waals surface area contributed by atoms with Crippen LogP contribution in [-0.4, -0.2) is 19.7 Å². The van der Waals surface area contributed by atoms with Crippen LogP contribution in [0.4, 0.5) is 0 Å². The van der Waals surface area contributed by atoms with E-state index in [1.54, 1.807) is 17.7 Å². The van der Waals surface area contributed by atoms with Gasteiger partial charge in [0.2, 0.25) is 0 Å². The van der Waals surface area contributed by atoms with E-state index in [-0.39, 0.29) is 0 Å². The van der Waals surface area contributed by atoms with Gasteiger partial charge in [-0.25, -0.2) is 4.98 Å². The Morgan fingerprint density at radius 1 is 1.60 bits per heavy atom. The van der Waals surface area contributed by atoms with Crippen molar-refractivity contribution in [3.63, 3.8) is 0 Å². The van der Waals surface area contributed by atoms with Crippen LogP contribution in [0.5, 0.6) is 0 Å². The summed E-state index contributed by atoms with van der Waals surface area (Å²) in [5.74, 6) is 1.56. The Bertz CT molecular complexity index is 411. The van der Waals surface area contributed by atoms with Gasteiger partial charge in [0.1, 0.15) is 12.2 Å². The van der Waals surface area contributed by atoms with Crippen molar-refractivity contribution in [3.05, 3.63) is 28.7 Å². The highest BCUT2D eigenvalue weighted by molar-refractivity contribution is 7.09. The summed E-state index contributed by atoms with van der Waals surface area (Å²) in [7, 11) is 0. The van der Waals surface area contributed by atoms with Crippen LogP contribution in [0.1, 0.15) is 23.7 Å². The lowest BCUT2D eigenvalue weighted by Crippen LogP contribution is -2.08. The molecule has 0 aromatic carbocycles. The van der Waals surface area contributed by atoms with Gasteiger partial charge in [-0.15, -0.1) is 33.1 Å². The number of aromatic nitrogens is 4. The molecule has 0 saturated carbocycles. The second-order valence-electron chi connectivity index (χ2n) is 3.30. The van der Waals surface area contributed by atoms with Gasteiger partial charge in [-0.3, -0.25) is 0 Å². The molecule has 4 nitrogen and oxygen atoms in total. The maximum absolute atomic E-state index is 5.75. The molecule has 0 saturated heterocycles. The van der Waals surface area contributed by atoms with Crippen LogP contribution in [-0.2, 0) is 12.4 Å². The topological polar surface area (TPSA) is 43.6 Å². The van der Waals surface area contributed by atoms with Gasteiger partial charge in [0.15, 0.2) is 0 Å². The number of rotatable bonds is 4. The molecule has 0 bridgehead atoms. The summed E-state index contributed by atoms with van der Waals surface area (Å²) >= 11 is 7.41. The number of halogens is 1. The second kappa shape index (κ2) is 4.72. The van der Waals surface area contributed by atoms with E-state index in [9.17, 15) is 0 Å². The molecule has 0 fully saturated rings. The highest BCUT2D eigenvalue weighted by Crippen LogP contribution is 2.19. The number of alkyl halides is 1. The van der Waals surface area contributed by atoms with Crippen molar-refractivity contribution in [2.24, 2.45) is 0 Å². The first-order valence-electron chi connectivity index (χ1n) is 4.63. The molecule has 15 heavy (non-hydrogen) atoms. The minimum Gasteiger partial charge on any atom is -0.316 e. The first-order valence-corrected chi connectivity index (χ1v) is 6.04. The third-order valence-electron chi connectivity index (χ3n) is 2.16. The van der Waals surface area contributed by atoms with Gasteiger partial charge in [-0.2, -0.15) is 0 Å². The summed E-state index contributed by atoms with van der Waals surface area (Å²) in [5.41, 5.74) is 0. The molecule has 0 radical (unpaired) electrons. The van der Waals surface area contributed by atoms with Crippen LogP contribution in [0, 0.1) is 0 Å². The summed E-state index contributed by atoms with van der Waals surface area (Å²) in [6, 6.07) is 0. The highest BCUT2D eigenvalue weighted by Gasteiger charge is 2.11. The smallest absolute Gasteiger partial charge is 0.147 e. The number of nitrogens with zero attached hydrogens (tertiary/aromatic N) is 4. The lowest BCUT2D eigenvalue weighted by Gasteiger charge is -2.09. The fourth-order valence-corrected chi connectivity index (χ4v) is 2.28. The molecule has 6 heteroatoms. The molecule has 2 heterocycles. The molecule has 1 atom stereocenters. The Morgan fingerprint density at radius 3 is 3.13 bits per heavy atom. The fraction of sp³-hybridized carbons (Fsp3) is 0.444. The molecule has 0 aliphatic carbocycles. The van der Waals surface area contributed by atoms with E-state index in [1.807, 2.05) is 16.1 Å². The molecule has 0 aliphatic heterocycles. The summed E-state index contributed by atoms with van der Waals surface area (Å²) in [6.45, 7) is 2.96. The van der Waals surface area contributed by atoms with Crippen molar-refractivity contribution < 1.29 is 0 Å². The lowest BCUT2D eigenvalue weighted by molar-refractivity contribution is 0.578. The van der Waals surface area contributed by atoms with E-state index >= 15 is 0 Å². The van der Waals surface area contributed by atoms with Gasteiger partial charge in [0, 0.05) is 24.0 Å². The fourth-order valence-electron chi connectivity index (χ4n) is 1.39. The third-order valence-corrected chi connectivity index (χ3v) is 3.40. The van der Waals surface area contributed by atoms with Crippen LogP contribution < -0.4 is 0 Å². The zero-order valence-corrected chi connectivity index (χ0v) is 9.87. The average Bonchev–Trinajstić information content (AvgIpc) is 2.87. The van der Waals surface area contributed by atoms with Crippen molar-refractivity contribution >= 4 is 22.9 Å². The van der Waals surface area contributed by atoms with Gasteiger partial charge in [-0.05, 0) is 0 Å². The molecule has 0 amide bonds. The van der Waals surface area contributed by atoms with E-state index in [0.717, 1.165) is 17.4 Å². The molecule has 80 valence electrons. The van der Waals surface area contributed by atoms with Crippen molar-refractivity contribution in [2.75, 3.05) is 0 Å².